The second-order valence-electron chi connectivity index (χ2n) is 6.52. The molecule has 0 aliphatic heterocycles. The van der Waals surface area contributed by atoms with Gasteiger partial charge in [-0.2, -0.15) is 0 Å². The van der Waals surface area contributed by atoms with E-state index >= 15 is 0 Å². The zero-order valence-electron chi connectivity index (χ0n) is 14.1. The summed E-state index contributed by atoms with van der Waals surface area (Å²) >= 11 is 0. The van der Waals surface area contributed by atoms with Crippen LogP contribution in [0.2, 0.25) is 0 Å². The van der Waals surface area contributed by atoms with Gasteiger partial charge in [-0.25, -0.2) is 0 Å². The van der Waals surface area contributed by atoms with Gasteiger partial charge in [-0.1, -0.05) is 0 Å². The number of likely N-dealkylation sites (N-methyl/N-ethyl adjacent to an activating group) is 1. The summed E-state index contributed by atoms with van der Waals surface area (Å²) in [4.78, 5) is 13.7. The van der Waals surface area contributed by atoms with Crippen molar-refractivity contribution in [2.75, 3.05) is 41.0 Å². The molecule has 0 aromatic rings. The maximum absolute atomic E-state index is 11.7. The lowest BCUT2D eigenvalue weighted by molar-refractivity contribution is -0.151. The molecule has 0 fully saturated rings. The van der Waals surface area contributed by atoms with Crippen molar-refractivity contribution in [3.63, 3.8) is 0 Å². The van der Waals surface area contributed by atoms with Gasteiger partial charge in [0.05, 0.1) is 24.2 Å². The van der Waals surface area contributed by atoms with Gasteiger partial charge in [0, 0.05) is 13.7 Å². The standard InChI is InChI=1S/C15H31NO4/c1-14(2,18-7)8-10-20-15(3,4)12-13(17)19-11-9-16(5)6/h8-12H2,1-7H3. The van der Waals surface area contributed by atoms with E-state index in [0.717, 1.165) is 13.0 Å². The molecule has 0 amide bonds. The van der Waals surface area contributed by atoms with Crippen LogP contribution in [0.3, 0.4) is 0 Å². The van der Waals surface area contributed by atoms with Crippen molar-refractivity contribution in [2.45, 2.75) is 51.7 Å². The van der Waals surface area contributed by atoms with Crippen molar-refractivity contribution in [1.29, 1.82) is 0 Å². The van der Waals surface area contributed by atoms with Crippen LogP contribution in [0.15, 0.2) is 0 Å². The number of esters is 1. The number of carbonyl (C=O) groups excluding carboxylic acids is 1. The summed E-state index contributed by atoms with van der Waals surface area (Å²) in [5.74, 6) is -0.220. The van der Waals surface area contributed by atoms with Crippen LogP contribution in [0.25, 0.3) is 0 Å². The maximum atomic E-state index is 11.7. The minimum Gasteiger partial charge on any atom is -0.464 e. The Hall–Kier alpha value is -0.650. The highest BCUT2D eigenvalue weighted by Gasteiger charge is 2.25. The molecule has 0 N–H and O–H groups in total. The van der Waals surface area contributed by atoms with Gasteiger partial charge in [-0.05, 0) is 48.2 Å². The minimum absolute atomic E-state index is 0.206. The average Bonchev–Trinajstić information content (AvgIpc) is 2.27. The molecule has 0 aliphatic rings. The number of carbonyl (C=O) groups is 1. The smallest absolute Gasteiger partial charge is 0.308 e. The third-order valence-corrected chi connectivity index (χ3v) is 3.12. The van der Waals surface area contributed by atoms with Crippen molar-refractivity contribution in [3.8, 4) is 0 Å². The molecule has 120 valence electrons. The monoisotopic (exact) mass is 289 g/mol. The van der Waals surface area contributed by atoms with E-state index in [4.69, 9.17) is 14.2 Å². The summed E-state index contributed by atoms with van der Waals surface area (Å²) in [5, 5.41) is 0. The van der Waals surface area contributed by atoms with E-state index in [2.05, 4.69) is 0 Å². The first-order valence-electron chi connectivity index (χ1n) is 7.07. The number of hydrogen-bond acceptors (Lipinski definition) is 5. The van der Waals surface area contributed by atoms with Gasteiger partial charge in [0.25, 0.3) is 0 Å². The zero-order valence-corrected chi connectivity index (χ0v) is 14.1. The van der Waals surface area contributed by atoms with E-state index < -0.39 is 5.60 Å². The lowest BCUT2D eigenvalue weighted by Gasteiger charge is -2.28. The summed E-state index contributed by atoms with van der Waals surface area (Å²) < 4.78 is 16.3. The second kappa shape index (κ2) is 8.60. The molecule has 5 nitrogen and oxygen atoms in total. The van der Waals surface area contributed by atoms with Crippen molar-refractivity contribution >= 4 is 5.97 Å². The van der Waals surface area contributed by atoms with E-state index in [1.54, 1.807) is 7.11 Å². The van der Waals surface area contributed by atoms with E-state index in [0.29, 0.717) is 13.2 Å². The van der Waals surface area contributed by atoms with E-state index in [9.17, 15) is 4.79 Å². The van der Waals surface area contributed by atoms with E-state index in [-0.39, 0.29) is 18.0 Å². The fourth-order valence-corrected chi connectivity index (χ4v) is 1.47. The molecule has 0 saturated carbocycles. The molecule has 0 bridgehead atoms. The zero-order chi connectivity index (χ0) is 15.8. The predicted molar refractivity (Wildman–Crippen MR) is 79.9 cm³/mol. The van der Waals surface area contributed by atoms with Crippen LogP contribution in [0, 0.1) is 0 Å². The summed E-state index contributed by atoms with van der Waals surface area (Å²) in [6.45, 7) is 9.53. The summed E-state index contributed by atoms with van der Waals surface area (Å²) in [5.41, 5.74) is -0.721. The summed E-state index contributed by atoms with van der Waals surface area (Å²) in [6, 6.07) is 0. The van der Waals surface area contributed by atoms with Crippen LogP contribution in [-0.2, 0) is 19.0 Å². The van der Waals surface area contributed by atoms with Crippen molar-refractivity contribution in [2.24, 2.45) is 0 Å². The fraction of sp³-hybridized carbons (Fsp3) is 0.933. The Kier molecular flexibility index (Phi) is 8.32. The number of rotatable bonds is 10. The molecule has 0 heterocycles. The van der Waals surface area contributed by atoms with Crippen LogP contribution < -0.4 is 0 Å². The molecule has 0 saturated heterocycles. The van der Waals surface area contributed by atoms with Gasteiger partial charge >= 0.3 is 5.97 Å². The third kappa shape index (κ3) is 10.2. The molecule has 0 aliphatic carbocycles. The van der Waals surface area contributed by atoms with E-state index in [1.807, 2.05) is 46.7 Å². The highest BCUT2D eigenvalue weighted by Crippen LogP contribution is 2.19. The molecule has 0 rings (SSSR count). The maximum Gasteiger partial charge on any atom is 0.308 e. The molecule has 0 atom stereocenters. The van der Waals surface area contributed by atoms with Crippen molar-refractivity contribution in [3.05, 3.63) is 0 Å². The van der Waals surface area contributed by atoms with Crippen LogP contribution in [-0.4, -0.2) is 63.0 Å². The first-order valence-corrected chi connectivity index (χ1v) is 7.07. The van der Waals surface area contributed by atoms with Crippen molar-refractivity contribution < 1.29 is 19.0 Å². The Balaban J connectivity index is 3.96. The van der Waals surface area contributed by atoms with Crippen LogP contribution in [0.4, 0.5) is 0 Å². The Morgan fingerprint density at radius 3 is 2.15 bits per heavy atom. The molecule has 5 heteroatoms. The number of hydrogen-bond donors (Lipinski definition) is 0. The quantitative estimate of drug-likeness (QED) is 0.576. The van der Waals surface area contributed by atoms with Crippen LogP contribution in [0.1, 0.15) is 40.5 Å². The lowest BCUT2D eigenvalue weighted by Crippen LogP contribution is -2.33. The van der Waals surface area contributed by atoms with Crippen LogP contribution >= 0.6 is 0 Å². The summed E-state index contributed by atoms with van der Waals surface area (Å²) in [7, 11) is 5.57. The van der Waals surface area contributed by atoms with Gasteiger partial charge in [0.2, 0.25) is 0 Å². The Labute approximate surface area is 123 Å². The molecule has 0 radical (unpaired) electrons. The molecule has 0 unspecified atom stereocenters. The fourth-order valence-electron chi connectivity index (χ4n) is 1.47. The predicted octanol–water partition coefficient (Wildman–Crippen LogP) is 2.09. The van der Waals surface area contributed by atoms with Gasteiger partial charge in [0.1, 0.15) is 6.61 Å². The normalized spacial score (nSPS) is 12.8. The largest absolute Gasteiger partial charge is 0.464 e. The Morgan fingerprint density at radius 1 is 1.05 bits per heavy atom. The second-order valence-corrected chi connectivity index (χ2v) is 6.52. The highest BCUT2D eigenvalue weighted by molar-refractivity contribution is 5.70. The first-order chi connectivity index (χ1) is 9.08. The first kappa shape index (κ1) is 19.4. The van der Waals surface area contributed by atoms with Gasteiger partial charge in [0.15, 0.2) is 0 Å². The Morgan fingerprint density at radius 2 is 1.65 bits per heavy atom. The molecule has 0 aromatic heterocycles. The minimum atomic E-state index is -0.515. The Bertz CT molecular complexity index is 288. The molecule has 0 spiro atoms. The van der Waals surface area contributed by atoms with Gasteiger partial charge in [-0.3, -0.25) is 4.79 Å². The number of methoxy groups -OCH3 is 1. The number of ether oxygens (including phenoxy) is 3. The average molecular weight is 289 g/mol. The van der Waals surface area contributed by atoms with Gasteiger partial charge < -0.3 is 19.1 Å². The third-order valence-electron chi connectivity index (χ3n) is 3.12. The molecule has 20 heavy (non-hydrogen) atoms. The van der Waals surface area contributed by atoms with Crippen molar-refractivity contribution in [1.82, 2.24) is 4.90 Å². The summed E-state index contributed by atoms with van der Waals surface area (Å²) in [6.07, 6.45) is 1.04. The molecule has 0 aromatic carbocycles. The van der Waals surface area contributed by atoms with Gasteiger partial charge in [-0.15, -0.1) is 0 Å². The topological polar surface area (TPSA) is 48.0 Å². The van der Waals surface area contributed by atoms with Crippen LogP contribution in [0.5, 0.6) is 0 Å². The molecular weight excluding hydrogens is 258 g/mol. The SMILES string of the molecule is COC(C)(C)CCOC(C)(C)CC(=O)OCCN(C)C. The highest BCUT2D eigenvalue weighted by atomic mass is 16.5. The lowest BCUT2D eigenvalue weighted by atomic mass is 10.0. The van der Waals surface area contributed by atoms with E-state index in [1.165, 1.54) is 0 Å². The number of nitrogens with zero attached hydrogens (tertiary/aromatic N) is 1. The molecular formula is C15H31NO4.